The molecule has 7 nitrogen and oxygen atoms in total. The Bertz CT molecular complexity index is 1230. The number of nitrogens with zero attached hydrogens (tertiary/aromatic N) is 2. The van der Waals surface area contributed by atoms with Crippen molar-refractivity contribution in [3.05, 3.63) is 61.2 Å². The van der Waals surface area contributed by atoms with Gasteiger partial charge in [-0.2, -0.15) is 0 Å². The number of aromatic amines is 1. The van der Waals surface area contributed by atoms with Gasteiger partial charge in [-0.25, -0.2) is 13.4 Å². The number of pyridine rings is 2. The fourth-order valence-electron chi connectivity index (χ4n) is 3.02. The smallest absolute Gasteiger partial charge is 0.229 e. The summed E-state index contributed by atoms with van der Waals surface area (Å²) in [7, 11) is -3.39. The van der Waals surface area contributed by atoms with Crippen molar-refractivity contribution in [2.45, 2.75) is 0 Å². The highest BCUT2D eigenvalue weighted by Crippen LogP contribution is 2.32. The van der Waals surface area contributed by atoms with E-state index in [1.165, 1.54) is 0 Å². The molecule has 4 rings (SSSR count). The van der Waals surface area contributed by atoms with E-state index in [0.29, 0.717) is 11.4 Å². The molecule has 27 heavy (non-hydrogen) atoms. The van der Waals surface area contributed by atoms with Gasteiger partial charge in [0.1, 0.15) is 5.65 Å². The number of sulfonamides is 1. The summed E-state index contributed by atoms with van der Waals surface area (Å²) in [6, 6.07) is 11.0. The van der Waals surface area contributed by atoms with Gasteiger partial charge >= 0.3 is 0 Å². The minimum absolute atomic E-state index is 0.413. The zero-order chi connectivity index (χ0) is 19.0. The highest BCUT2D eigenvalue weighted by molar-refractivity contribution is 7.92. The van der Waals surface area contributed by atoms with Crippen LogP contribution < -0.4 is 10.5 Å². The largest absolute Gasteiger partial charge is 0.399 e. The summed E-state index contributed by atoms with van der Waals surface area (Å²) in [4.78, 5) is 11.7. The van der Waals surface area contributed by atoms with Gasteiger partial charge < -0.3 is 10.7 Å². The van der Waals surface area contributed by atoms with Gasteiger partial charge in [-0.05, 0) is 47.5 Å². The van der Waals surface area contributed by atoms with Crippen LogP contribution in [0.2, 0.25) is 0 Å². The van der Waals surface area contributed by atoms with E-state index in [0.717, 1.165) is 39.5 Å². The van der Waals surface area contributed by atoms with E-state index < -0.39 is 10.0 Å². The summed E-state index contributed by atoms with van der Waals surface area (Å²) in [5.41, 5.74) is 11.3. The van der Waals surface area contributed by atoms with Crippen LogP contribution in [-0.4, -0.2) is 29.6 Å². The Hall–Kier alpha value is -3.39. The number of hydrogen-bond acceptors (Lipinski definition) is 5. The van der Waals surface area contributed by atoms with Crippen LogP contribution in [0.3, 0.4) is 0 Å². The van der Waals surface area contributed by atoms with E-state index in [-0.39, 0.29) is 0 Å². The van der Waals surface area contributed by atoms with E-state index in [1.807, 2.05) is 24.4 Å². The van der Waals surface area contributed by atoms with Crippen LogP contribution in [0.15, 0.2) is 61.2 Å². The number of nitrogens with two attached hydrogens (primary N) is 1. The molecule has 0 radical (unpaired) electrons. The summed E-state index contributed by atoms with van der Waals surface area (Å²) in [5, 5.41) is 0.957. The molecular weight excluding hydrogens is 362 g/mol. The maximum absolute atomic E-state index is 11.5. The first-order valence-electron chi connectivity index (χ1n) is 8.15. The third kappa shape index (κ3) is 3.61. The highest BCUT2D eigenvalue weighted by Gasteiger charge is 2.11. The summed E-state index contributed by atoms with van der Waals surface area (Å²) in [5.74, 6) is 0. The maximum atomic E-state index is 11.5. The van der Waals surface area contributed by atoms with E-state index in [1.54, 1.807) is 36.8 Å². The Kier molecular flexibility index (Phi) is 4.04. The number of anilines is 2. The monoisotopic (exact) mass is 379 g/mol. The van der Waals surface area contributed by atoms with Crippen molar-refractivity contribution in [3.63, 3.8) is 0 Å². The normalized spacial score (nSPS) is 11.6. The van der Waals surface area contributed by atoms with Crippen LogP contribution in [-0.2, 0) is 10.0 Å². The van der Waals surface area contributed by atoms with Crippen molar-refractivity contribution in [2.24, 2.45) is 0 Å². The van der Waals surface area contributed by atoms with Crippen LogP contribution >= 0.6 is 0 Å². The molecule has 0 aliphatic carbocycles. The molecule has 0 bridgehead atoms. The standard InChI is InChI=1S/C19H17N5O2S/c1-27(25,26)24-16-7-13(6-15(20)9-16)14-8-17-18(11-23-19(17)22-10-14)12-2-4-21-5-3-12/h2-11,24H,20H2,1H3,(H,22,23). The lowest BCUT2D eigenvalue weighted by atomic mass is 10.0. The van der Waals surface area contributed by atoms with Gasteiger partial charge in [-0.15, -0.1) is 0 Å². The maximum Gasteiger partial charge on any atom is 0.229 e. The first-order valence-corrected chi connectivity index (χ1v) is 10.0. The first-order chi connectivity index (χ1) is 12.9. The summed E-state index contributed by atoms with van der Waals surface area (Å²) >= 11 is 0. The van der Waals surface area contributed by atoms with Crippen molar-refractivity contribution in [3.8, 4) is 22.3 Å². The fraction of sp³-hybridized carbons (Fsp3) is 0.0526. The Labute approximate surface area is 156 Å². The Balaban J connectivity index is 1.83. The van der Waals surface area contributed by atoms with Crippen LogP contribution in [0, 0.1) is 0 Å². The van der Waals surface area contributed by atoms with Crippen molar-refractivity contribution >= 4 is 32.4 Å². The van der Waals surface area contributed by atoms with Crippen molar-refractivity contribution in [2.75, 3.05) is 16.7 Å². The summed E-state index contributed by atoms with van der Waals surface area (Å²) in [6.07, 6.45) is 8.23. The number of H-pyrrole nitrogens is 1. The predicted octanol–water partition coefficient (Wildman–Crippen LogP) is 3.25. The number of nitrogen functional groups attached to an aromatic ring is 1. The van der Waals surface area contributed by atoms with Gasteiger partial charge in [-0.1, -0.05) is 0 Å². The molecule has 0 unspecified atom stereocenters. The molecule has 1 aromatic carbocycles. The van der Waals surface area contributed by atoms with E-state index in [2.05, 4.69) is 19.7 Å². The van der Waals surface area contributed by atoms with Crippen molar-refractivity contribution < 1.29 is 8.42 Å². The van der Waals surface area contributed by atoms with Gasteiger partial charge in [0.05, 0.1) is 11.9 Å². The van der Waals surface area contributed by atoms with Gasteiger partial charge in [0.15, 0.2) is 0 Å². The Morgan fingerprint density at radius 3 is 2.56 bits per heavy atom. The van der Waals surface area contributed by atoms with E-state index in [9.17, 15) is 8.42 Å². The second-order valence-electron chi connectivity index (χ2n) is 6.28. The minimum atomic E-state index is -3.39. The lowest BCUT2D eigenvalue weighted by Crippen LogP contribution is -2.09. The Morgan fingerprint density at radius 1 is 1.04 bits per heavy atom. The van der Waals surface area contributed by atoms with Crippen molar-refractivity contribution in [1.82, 2.24) is 15.0 Å². The van der Waals surface area contributed by atoms with Crippen LogP contribution in [0.1, 0.15) is 0 Å². The average molecular weight is 379 g/mol. The number of fused-ring (bicyclic) bond motifs is 1. The average Bonchev–Trinajstić information content (AvgIpc) is 3.03. The molecule has 8 heteroatoms. The van der Waals surface area contributed by atoms with E-state index >= 15 is 0 Å². The molecule has 0 spiro atoms. The SMILES string of the molecule is CS(=O)(=O)Nc1cc(N)cc(-c2cnc3[nH]cc(-c4ccncc4)c3c2)c1. The highest BCUT2D eigenvalue weighted by atomic mass is 32.2. The number of hydrogen-bond donors (Lipinski definition) is 3. The molecule has 4 aromatic rings. The molecular formula is C19H17N5O2S. The van der Waals surface area contributed by atoms with Gasteiger partial charge in [0, 0.05) is 47.0 Å². The molecule has 0 aliphatic heterocycles. The van der Waals surface area contributed by atoms with Crippen LogP contribution in [0.5, 0.6) is 0 Å². The second-order valence-corrected chi connectivity index (χ2v) is 8.02. The van der Waals surface area contributed by atoms with Crippen LogP contribution in [0.4, 0.5) is 11.4 Å². The molecule has 0 amide bonds. The molecule has 3 heterocycles. The van der Waals surface area contributed by atoms with Crippen molar-refractivity contribution in [1.29, 1.82) is 0 Å². The quantitative estimate of drug-likeness (QED) is 0.471. The molecule has 0 fully saturated rings. The van der Waals surface area contributed by atoms with Gasteiger partial charge in [-0.3, -0.25) is 9.71 Å². The molecule has 4 N–H and O–H groups in total. The topological polar surface area (TPSA) is 114 Å². The van der Waals surface area contributed by atoms with E-state index in [4.69, 9.17) is 5.73 Å². The number of benzene rings is 1. The minimum Gasteiger partial charge on any atom is -0.399 e. The first kappa shape index (κ1) is 17.0. The third-order valence-corrected chi connectivity index (χ3v) is 4.72. The number of rotatable bonds is 4. The number of aromatic nitrogens is 3. The molecule has 0 saturated heterocycles. The Morgan fingerprint density at radius 2 is 1.81 bits per heavy atom. The lowest BCUT2D eigenvalue weighted by Gasteiger charge is -2.09. The van der Waals surface area contributed by atoms with Gasteiger partial charge in [0.25, 0.3) is 0 Å². The molecule has 0 atom stereocenters. The molecule has 3 aromatic heterocycles. The summed E-state index contributed by atoms with van der Waals surface area (Å²) < 4.78 is 25.5. The second kappa shape index (κ2) is 6.40. The molecule has 0 aliphatic rings. The number of nitrogens with one attached hydrogen (secondary N) is 2. The molecule has 136 valence electrons. The summed E-state index contributed by atoms with van der Waals surface area (Å²) in [6.45, 7) is 0. The predicted molar refractivity (Wildman–Crippen MR) is 108 cm³/mol. The fourth-order valence-corrected chi connectivity index (χ4v) is 3.57. The zero-order valence-corrected chi connectivity index (χ0v) is 15.3. The molecule has 0 saturated carbocycles. The van der Waals surface area contributed by atoms with Crippen LogP contribution in [0.25, 0.3) is 33.3 Å². The van der Waals surface area contributed by atoms with Gasteiger partial charge in [0.2, 0.25) is 10.0 Å². The third-order valence-electron chi connectivity index (χ3n) is 4.11. The lowest BCUT2D eigenvalue weighted by molar-refractivity contribution is 0.607. The zero-order valence-electron chi connectivity index (χ0n) is 14.5.